The van der Waals surface area contributed by atoms with Crippen molar-refractivity contribution in [1.29, 1.82) is 0 Å². The number of morpholine rings is 1. The van der Waals surface area contributed by atoms with Crippen molar-refractivity contribution >= 4 is 29.7 Å². The van der Waals surface area contributed by atoms with Gasteiger partial charge in [-0.1, -0.05) is 11.6 Å². The molecule has 0 spiro atoms. The van der Waals surface area contributed by atoms with Crippen molar-refractivity contribution in [3.63, 3.8) is 0 Å². The lowest BCUT2D eigenvalue weighted by molar-refractivity contribution is -0.149. The molecule has 1 aromatic heterocycles. The van der Waals surface area contributed by atoms with Crippen LogP contribution >= 0.6 is 23.8 Å². The maximum absolute atomic E-state index is 13.0. The fourth-order valence-electron chi connectivity index (χ4n) is 4.76. The maximum atomic E-state index is 13.0. The van der Waals surface area contributed by atoms with Gasteiger partial charge in [0.05, 0.1) is 18.9 Å². The van der Waals surface area contributed by atoms with E-state index in [1.165, 1.54) is 0 Å². The second-order valence-corrected chi connectivity index (χ2v) is 9.69. The summed E-state index contributed by atoms with van der Waals surface area (Å²) >= 11 is 11.8. The number of amides is 1. The first-order valence-electron chi connectivity index (χ1n) is 11.5. The highest BCUT2D eigenvalue weighted by Crippen LogP contribution is 2.24. The molecule has 0 bridgehead atoms. The number of benzene rings is 1. The molecule has 2 fully saturated rings. The van der Waals surface area contributed by atoms with Crippen LogP contribution in [0, 0.1) is 10.7 Å². The summed E-state index contributed by atoms with van der Waals surface area (Å²) in [6.45, 7) is 10.7. The summed E-state index contributed by atoms with van der Waals surface area (Å²) in [7, 11) is 0. The predicted molar refractivity (Wildman–Crippen MR) is 128 cm³/mol. The summed E-state index contributed by atoms with van der Waals surface area (Å²) in [5, 5.41) is 5.52. The molecule has 3 heterocycles. The van der Waals surface area contributed by atoms with Crippen LogP contribution in [0.5, 0.6) is 0 Å². The minimum Gasteiger partial charge on any atom is -0.372 e. The number of ether oxygens (including phenoxy) is 1. The molecule has 32 heavy (non-hydrogen) atoms. The van der Waals surface area contributed by atoms with Gasteiger partial charge in [-0.25, -0.2) is 4.68 Å². The molecule has 4 rings (SSSR count). The highest BCUT2D eigenvalue weighted by atomic mass is 35.5. The number of hydrogen-bond donors (Lipinski definition) is 0. The van der Waals surface area contributed by atoms with Gasteiger partial charge in [0, 0.05) is 49.2 Å². The standard InChI is InChI=1S/C23H32ClN5O2S/c1-4-28-21(18-5-7-20(24)8-6-18)25-29(23(28)32)15-26-11-9-19(10-12-26)22(30)27-13-16(2)31-17(3)14-27/h5-8,16-17,19H,4,9-15H2,1-3H3/t16-,17-/m1/s1. The van der Waals surface area contributed by atoms with E-state index in [1.807, 2.05) is 47.7 Å². The highest BCUT2D eigenvalue weighted by Gasteiger charge is 2.32. The van der Waals surface area contributed by atoms with Crippen LogP contribution in [0.2, 0.25) is 5.02 Å². The van der Waals surface area contributed by atoms with Crippen molar-refractivity contribution in [1.82, 2.24) is 24.1 Å². The average molecular weight is 478 g/mol. The van der Waals surface area contributed by atoms with E-state index < -0.39 is 0 Å². The lowest BCUT2D eigenvalue weighted by Crippen LogP contribution is -2.51. The maximum Gasteiger partial charge on any atom is 0.225 e. The van der Waals surface area contributed by atoms with Crippen molar-refractivity contribution in [2.45, 2.75) is 59.0 Å². The van der Waals surface area contributed by atoms with Crippen LogP contribution in [0.4, 0.5) is 0 Å². The van der Waals surface area contributed by atoms with E-state index >= 15 is 0 Å². The first kappa shape index (κ1) is 23.4. The zero-order valence-corrected chi connectivity index (χ0v) is 20.6. The van der Waals surface area contributed by atoms with Crippen LogP contribution in [0.1, 0.15) is 33.6 Å². The van der Waals surface area contributed by atoms with Crippen LogP contribution in [0.25, 0.3) is 11.4 Å². The fraction of sp³-hybridized carbons (Fsp3) is 0.609. The number of carbonyl (C=O) groups excluding carboxylic acids is 1. The first-order valence-corrected chi connectivity index (χ1v) is 12.2. The van der Waals surface area contributed by atoms with Gasteiger partial charge in [-0.15, -0.1) is 0 Å². The molecule has 2 aliphatic rings. The molecule has 0 unspecified atom stereocenters. The van der Waals surface area contributed by atoms with E-state index in [0.29, 0.717) is 29.6 Å². The highest BCUT2D eigenvalue weighted by molar-refractivity contribution is 7.71. The van der Waals surface area contributed by atoms with Gasteiger partial charge < -0.3 is 14.2 Å². The van der Waals surface area contributed by atoms with Crippen LogP contribution in [-0.4, -0.2) is 68.4 Å². The lowest BCUT2D eigenvalue weighted by Gasteiger charge is -2.39. The third-order valence-electron chi connectivity index (χ3n) is 6.34. The largest absolute Gasteiger partial charge is 0.372 e. The van der Waals surface area contributed by atoms with Crippen LogP contribution in [0.3, 0.4) is 0 Å². The lowest BCUT2D eigenvalue weighted by atomic mass is 9.95. The number of nitrogens with zero attached hydrogens (tertiary/aromatic N) is 5. The van der Waals surface area contributed by atoms with Crippen molar-refractivity contribution in [2.24, 2.45) is 5.92 Å². The Balaban J connectivity index is 1.39. The topological polar surface area (TPSA) is 55.5 Å². The Bertz CT molecular complexity index is 987. The van der Waals surface area contributed by atoms with Crippen LogP contribution in [-0.2, 0) is 22.7 Å². The number of aromatic nitrogens is 3. The Morgan fingerprint density at radius 2 is 1.78 bits per heavy atom. The third kappa shape index (κ3) is 5.09. The Morgan fingerprint density at radius 3 is 2.38 bits per heavy atom. The molecule has 1 aromatic carbocycles. The molecule has 0 saturated carbocycles. The number of rotatable bonds is 5. The molecule has 0 N–H and O–H groups in total. The minimum absolute atomic E-state index is 0.0922. The normalized spacial score (nSPS) is 22.9. The molecule has 2 atom stereocenters. The molecule has 2 aliphatic heterocycles. The van der Waals surface area contributed by atoms with Crippen molar-refractivity contribution in [3.8, 4) is 11.4 Å². The second-order valence-electron chi connectivity index (χ2n) is 8.89. The van der Waals surface area contributed by atoms with E-state index in [-0.39, 0.29) is 24.0 Å². The molecule has 174 valence electrons. The molecular formula is C23H32ClN5O2S. The summed E-state index contributed by atoms with van der Waals surface area (Å²) in [5.74, 6) is 1.23. The fourth-order valence-corrected chi connectivity index (χ4v) is 5.20. The summed E-state index contributed by atoms with van der Waals surface area (Å²) in [6, 6.07) is 7.69. The Morgan fingerprint density at radius 1 is 1.16 bits per heavy atom. The van der Waals surface area contributed by atoms with Crippen LogP contribution in [0.15, 0.2) is 24.3 Å². The monoisotopic (exact) mass is 477 g/mol. The number of piperidine rings is 1. The molecular weight excluding hydrogens is 446 g/mol. The molecule has 1 amide bonds. The summed E-state index contributed by atoms with van der Waals surface area (Å²) in [6.07, 6.45) is 1.94. The van der Waals surface area contributed by atoms with E-state index in [0.717, 1.165) is 43.9 Å². The van der Waals surface area contributed by atoms with E-state index in [9.17, 15) is 4.79 Å². The summed E-state index contributed by atoms with van der Waals surface area (Å²) < 4.78 is 10.4. The molecule has 0 radical (unpaired) electrons. The van der Waals surface area contributed by atoms with Crippen molar-refractivity contribution < 1.29 is 9.53 Å². The summed E-state index contributed by atoms with van der Waals surface area (Å²) in [4.78, 5) is 17.4. The first-order chi connectivity index (χ1) is 15.4. The minimum atomic E-state index is 0.0922. The van der Waals surface area contributed by atoms with Crippen LogP contribution < -0.4 is 0 Å². The number of halogens is 1. The zero-order chi connectivity index (χ0) is 22.8. The molecule has 7 nitrogen and oxygen atoms in total. The predicted octanol–water partition coefficient (Wildman–Crippen LogP) is 4.06. The number of likely N-dealkylation sites (tertiary alicyclic amines) is 1. The van der Waals surface area contributed by atoms with Gasteiger partial charge in [-0.3, -0.25) is 9.69 Å². The Kier molecular flexibility index (Phi) is 7.34. The molecule has 2 aromatic rings. The SMILES string of the molecule is CCn1c(-c2ccc(Cl)cc2)nn(CN2CCC(C(=O)N3C[C@@H](C)O[C@H](C)C3)CC2)c1=S. The summed E-state index contributed by atoms with van der Waals surface area (Å²) in [5.41, 5.74) is 0.999. The van der Waals surface area contributed by atoms with E-state index in [2.05, 4.69) is 16.4 Å². The second kappa shape index (κ2) is 10.0. The third-order valence-corrected chi connectivity index (χ3v) is 7.03. The number of carbonyl (C=O) groups is 1. The average Bonchev–Trinajstić information content (AvgIpc) is 3.08. The van der Waals surface area contributed by atoms with Gasteiger partial charge in [0.1, 0.15) is 0 Å². The van der Waals surface area contributed by atoms with E-state index in [4.69, 9.17) is 33.7 Å². The van der Waals surface area contributed by atoms with Crippen molar-refractivity contribution in [2.75, 3.05) is 26.2 Å². The van der Waals surface area contributed by atoms with Gasteiger partial charge >= 0.3 is 0 Å². The van der Waals surface area contributed by atoms with Gasteiger partial charge in [0.2, 0.25) is 5.91 Å². The van der Waals surface area contributed by atoms with Gasteiger partial charge in [-0.05, 0) is 70.1 Å². The molecule has 9 heteroatoms. The van der Waals surface area contributed by atoms with Crippen molar-refractivity contribution in [3.05, 3.63) is 34.1 Å². The van der Waals surface area contributed by atoms with Gasteiger partial charge in [-0.2, -0.15) is 5.10 Å². The quantitative estimate of drug-likeness (QED) is 0.608. The smallest absolute Gasteiger partial charge is 0.225 e. The molecule has 0 aliphatic carbocycles. The van der Waals surface area contributed by atoms with Gasteiger partial charge in [0.25, 0.3) is 0 Å². The van der Waals surface area contributed by atoms with E-state index in [1.54, 1.807) is 0 Å². The molecule has 2 saturated heterocycles. The Hall–Kier alpha value is -1.74. The number of hydrogen-bond acceptors (Lipinski definition) is 5. The van der Waals surface area contributed by atoms with Gasteiger partial charge in [0.15, 0.2) is 10.6 Å². The Labute approximate surface area is 199 Å². The zero-order valence-electron chi connectivity index (χ0n) is 19.0.